The lowest BCUT2D eigenvalue weighted by Gasteiger charge is -2.21. The number of nitrogens with two attached hydrogens (primary N) is 1. The third kappa shape index (κ3) is 4.10. The van der Waals surface area contributed by atoms with Crippen molar-refractivity contribution in [2.45, 2.75) is 13.0 Å². The zero-order chi connectivity index (χ0) is 17.0. The number of esters is 1. The molecule has 0 aromatic heterocycles. The maximum Gasteiger partial charge on any atom is 0.341 e. The van der Waals surface area contributed by atoms with Crippen molar-refractivity contribution in [3.05, 3.63) is 58.6 Å². The van der Waals surface area contributed by atoms with Crippen LogP contribution >= 0.6 is 15.9 Å². The van der Waals surface area contributed by atoms with Crippen LogP contribution in [-0.4, -0.2) is 25.0 Å². The summed E-state index contributed by atoms with van der Waals surface area (Å²) >= 11 is 3.28. The number of para-hydroxylation sites is 1. The number of carbonyl (C=O) groups is 2. The summed E-state index contributed by atoms with van der Waals surface area (Å²) < 4.78 is 5.95. The molecule has 2 rings (SSSR count). The number of nitrogen functional groups attached to an aromatic ring is 1. The van der Waals surface area contributed by atoms with E-state index in [2.05, 4.69) is 15.9 Å². The number of hydrogen-bond acceptors (Lipinski definition) is 4. The molecule has 0 saturated carbocycles. The highest BCUT2D eigenvalue weighted by Crippen LogP contribution is 2.20. The Kier molecular flexibility index (Phi) is 5.39. The minimum absolute atomic E-state index is 0.224. The van der Waals surface area contributed by atoms with Crippen LogP contribution in [-0.2, 0) is 9.53 Å². The van der Waals surface area contributed by atoms with Gasteiger partial charge in [-0.2, -0.15) is 0 Å². The van der Waals surface area contributed by atoms with Gasteiger partial charge in [0, 0.05) is 22.9 Å². The number of rotatable bonds is 4. The van der Waals surface area contributed by atoms with E-state index in [0.29, 0.717) is 10.2 Å². The van der Waals surface area contributed by atoms with Crippen molar-refractivity contribution >= 4 is 39.2 Å². The van der Waals surface area contributed by atoms with Gasteiger partial charge in [0.1, 0.15) is 0 Å². The van der Waals surface area contributed by atoms with Gasteiger partial charge in [-0.3, -0.25) is 4.79 Å². The smallest absolute Gasteiger partial charge is 0.341 e. The lowest BCUT2D eigenvalue weighted by molar-refractivity contribution is -0.126. The lowest BCUT2D eigenvalue weighted by Crippen LogP contribution is -2.37. The van der Waals surface area contributed by atoms with Gasteiger partial charge in [0.05, 0.1) is 5.56 Å². The van der Waals surface area contributed by atoms with Crippen molar-refractivity contribution in [1.82, 2.24) is 0 Å². The molecule has 2 N–H and O–H groups in total. The molecular formula is C17H17BrN2O3. The van der Waals surface area contributed by atoms with Gasteiger partial charge in [-0.25, -0.2) is 4.79 Å². The second kappa shape index (κ2) is 7.28. The zero-order valence-electron chi connectivity index (χ0n) is 12.8. The van der Waals surface area contributed by atoms with E-state index >= 15 is 0 Å². The zero-order valence-corrected chi connectivity index (χ0v) is 14.4. The van der Waals surface area contributed by atoms with E-state index in [1.807, 2.05) is 18.2 Å². The Hall–Kier alpha value is -2.34. The summed E-state index contributed by atoms with van der Waals surface area (Å²) in [5.41, 5.74) is 7.02. The first kappa shape index (κ1) is 17.0. The number of carbonyl (C=O) groups excluding carboxylic acids is 2. The summed E-state index contributed by atoms with van der Waals surface area (Å²) in [4.78, 5) is 26.0. The van der Waals surface area contributed by atoms with E-state index in [4.69, 9.17) is 10.5 Å². The van der Waals surface area contributed by atoms with Gasteiger partial charge in [-0.15, -0.1) is 0 Å². The molecule has 1 amide bonds. The van der Waals surface area contributed by atoms with E-state index in [1.54, 1.807) is 37.4 Å². The molecule has 0 unspecified atom stereocenters. The first-order chi connectivity index (χ1) is 10.9. The number of anilines is 2. The van der Waals surface area contributed by atoms with Crippen LogP contribution in [0.1, 0.15) is 17.3 Å². The van der Waals surface area contributed by atoms with Gasteiger partial charge in [0.15, 0.2) is 6.10 Å². The highest BCUT2D eigenvalue weighted by atomic mass is 79.9. The van der Waals surface area contributed by atoms with Crippen LogP contribution in [0, 0.1) is 0 Å². The standard InChI is InChI=1S/C17H17BrN2O3/c1-11(16(21)20(2)13-6-4-3-5-7-13)23-17(22)14-10-12(18)8-9-15(14)19/h3-11H,19H2,1-2H3/t11-/m0/s1. The number of benzene rings is 2. The van der Waals surface area contributed by atoms with E-state index < -0.39 is 12.1 Å². The molecule has 0 saturated heterocycles. The monoisotopic (exact) mass is 376 g/mol. The molecule has 5 nitrogen and oxygen atoms in total. The minimum Gasteiger partial charge on any atom is -0.449 e. The van der Waals surface area contributed by atoms with Crippen LogP contribution in [0.3, 0.4) is 0 Å². The molecular weight excluding hydrogens is 360 g/mol. The molecule has 0 spiro atoms. The Bertz CT molecular complexity index is 719. The second-order valence-electron chi connectivity index (χ2n) is 5.01. The fourth-order valence-electron chi connectivity index (χ4n) is 2.03. The molecule has 0 aliphatic carbocycles. The molecule has 0 radical (unpaired) electrons. The maximum atomic E-state index is 12.4. The number of ether oxygens (including phenoxy) is 1. The Balaban J connectivity index is 2.09. The fourth-order valence-corrected chi connectivity index (χ4v) is 2.39. The second-order valence-corrected chi connectivity index (χ2v) is 5.93. The summed E-state index contributed by atoms with van der Waals surface area (Å²) in [6.07, 6.45) is -0.925. The normalized spacial score (nSPS) is 11.6. The predicted octanol–water partition coefficient (Wildman–Crippen LogP) is 3.24. The number of amides is 1. The number of nitrogens with zero attached hydrogens (tertiary/aromatic N) is 1. The topological polar surface area (TPSA) is 72.6 Å². The molecule has 0 aliphatic heterocycles. The summed E-state index contributed by atoms with van der Waals surface area (Å²) in [6.45, 7) is 1.54. The molecule has 0 bridgehead atoms. The van der Waals surface area contributed by atoms with Gasteiger partial charge in [0.2, 0.25) is 0 Å². The van der Waals surface area contributed by atoms with Gasteiger partial charge in [0.25, 0.3) is 5.91 Å². The summed E-state index contributed by atoms with van der Waals surface area (Å²) in [6, 6.07) is 14.0. The number of hydrogen-bond donors (Lipinski definition) is 1. The van der Waals surface area contributed by atoms with Crippen molar-refractivity contribution in [3.8, 4) is 0 Å². The van der Waals surface area contributed by atoms with Crippen molar-refractivity contribution in [2.24, 2.45) is 0 Å². The minimum atomic E-state index is -0.925. The molecule has 0 aliphatic rings. The predicted molar refractivity (Wildman–Crippen MR) is 93.3 cm³/mol. The first-order valence-corrected chi connectivity index (χ1v) is 7.78. The molecule has 2 aromatic carbocycles. The van der Waals surface area contributed by atoms with Crippen LogP contribution in [0.2, 0.25) is 0 Å². The number of likely N-dealkylation sites (N-methyl/N-ethyl adjacent to an activating group) is 1. The van der Waals surface area contributed by atoms with Gasteiger partial charge >= 0.3 is 5.97 Å². The molecule has 6 heteroatoms. The molecule has 2 aromatic rings. The molecule has 0 fully saturated rings. The lowest BCUT2D eigenvalue weighted by atomic mass is 10.2. The first-order valence-electron chi connectivity index (χ1n) is 6.98. The Morgan fingerprint density at radius 1 is 1.17 bits per heavy atom. The third-order valence-electron chi connectivity index (χ3n) is 3.34. The molecule has 1 atom stereocenters. The molecule has 23 heavy (non-hydrogen) atoms. The van der Waals surface area contributed by atoms with Gasteiger partial charge in [-0.1, -0.05) is 34.1 Å². The Labute approximate surface area is 143 Å². The maximum absolute atomic E-state index is 12.4. The van der Waals surface area contributed by atoms with Crippen molar-refractivity contribution in [2.75, 3.05) is 17.7 Å². The average Bonchev–Trinajstić information content (AvgIpc) is 2.56. The van der Waals surface area contributed by atoms with E-state index in [1.165, 1.54) is 11.8 Å². The summed E-state index contributed by atoms with van der Waals surface area (Å²) in [5.74, 6) is -0.954. The quantitative estimate of drug-likeness (QED) is 0.656. The van der Waals surface area contributed by atoms with Crippen LogP contribution in [0.15, 0.2) is 53.0 Å². The Morgan fingerprint density at radius 3 is 2.48 bits per heavy atom. The highest BCUT2D eigenvalue weighted by molar-refractivity contribution is 9.10. The van der Waals surface area contributed by atoms with Crippen LogP contribution < -0.4 is 10.6 Å². The van der Waals surface area contributed by atoms with E-state index in [0.717, 1.165) is 5.69 Å². The van der Waals surface area contributed by atoms with Crippen molar-refractivity contribution < 1.29 is 14.3 Å². The van der Waals surface area contributed by atoms with Crippen LogP contribution in [0.5, 0.6) is 0 Å². The van der Waals surface area contributed by atoms with Gasteiger partial charge < -0.3 is 15.4 Å². The van der Waals surface area contributed by atoms with Crippen LogP contribution in [0.4, 0.5) is 11.4 Å². The highest BCUT2D eigenvalue weighted by Gasteiger charge is 2.24. The van der Waals surface area contributed by atoms with Crippen LogP contribution in [0.25, 0.3) is 0 Å². The van der Waals surface area contributed by atoms with E-state index in [9.17, 15) is 9.59 Å². The Morgan fingerprint density at radius 2 is 1.83 bits per heavy atom. The largest absolute Gasteiger partial charge is 0.449 e. The van der Waals surface area contributed by atoms with Gasteiger partial charge in [-0.05, 0) is 37.3 Å². The number of halogens is 1. The van der Waals surface area contributed by atoms with E-state index in [-0.39, 0.29) is 11.5 Å². The average molecular weight is 377 g/mol. The van der Waals surface area contributed by atoms with Crippen molar-refractivity contribution in [3.63, 3.8) is 0 Å². The summed E-state index contributed by atoms with van der Waals surface area (Å²) in [5, 5.41) is 0. The molecule has 120 valence electrons. The SMILES string of the molecule is C[C@H](OC(=O)c1cc(Br)ccc1N)C(=O)N(C)c1ccccc1. The molecule has 0 heterocycles. The fraction of sp³-hybridized carbons (Fsp3) is 0.176. The summed E-state index contributed by atoms with van der Waals surface area (Å²) in [7, 11) is 1.63. The van der Waals surface area contributed by atoms with Crippen molar-refractivity contribution in [1.29, 1.82) is 0 Å². The third-order valence-corrected chi connectivity index (χ3v) is 3.83.